The Kier molecular flexibility index (Phi) is 4.75. The molecule has 1 aliphatic rings. The van der Waals surface area contributed by atoms with E-state index in [0.29, 0.717) is 43.2 Å². The molecule has 3 rings (SSSR count). The lowest BCUT2D eigenvalue weighted by molar-refractivity contribution is 0.0957. The largest absolute Gasteiger partial charge is 0.366 e. The van der Waals surface area contributed by atoms with Crippen molar-refractivity contribution < 1.29 is 9.18 Å². The fraction of sp³-hybridized carbons (Fsp3) is 0.294. The van der Waals surface area contributed by atoms with Gasteiger partial charge in [0.2, 0.25) is 0 Å². The Labute approximate surface area is 144 Å². The van der Waals surface area contributed by atoms with Crippen LogP contribution in [-0.2, 0) is 0 Å². The lowest BCUT2D eigenvalue weighted by Crippen LogP contribution is -2.47. The number of hydrogen-bond acceptors (Lipinski definition) is 6. The third-order valence-electron chi connectivity index (χ3n) is 4.13. The van der Waals surface area contributed by atoms with Crippen LogP contribution < -0.4 is 15.1 Å². The van der Waals surface area contributed by atoms with Crippen LogP contribution >= 0.6 is 0 Å². The first kappa shape index (κ1) is 16.6. The smallest absolute Gasteiger partial charge is 0.271 e. The molecule has 0 atom stereocenters. The molecule has 0 aliphatic carbocycles. The molecule has 25 heavy (non-hydrogen) atoms. The fourth-order valence-electron chi connectivity index (χ4n) is 2.75. The summed E-state index contributed by atoms with van der Waals surface area (Å²) in [5.41, 5.74) is 1.08. The van der Waals surface area contributed by atoms with E-state index in [4.69, 9.17) is 5.26 Å². The minimum absolute atomic E-state index is 0.268. The van der Waals surface area contributed by atoms with Crippen LogP contribution in [0.15, 0.2) is 30.3 Å². The van der Waals surface area contributed by atoms with Crippen molar-refractivity contribution in [3.8, 4) is 6.07 Å². The first-order valence-electron chi connectivity index (χ1n) is 7.87. The predicted molar refractivity (Wildman–Crippen MR) is 91.0 cm³/mol. The molecule has 0 spiro atoms. The maximum Gasteiger partial charge on any atom is 0.271 e. The zero-order valence-corrected chi connectivity index (χ0v) is 13.7. The van der Waals surface area contributed by atoms with Crippen molar-refractivity contribution in [1.82, 2.24) is 15.5 Å². The van der Waals surface area contributed by atoms with E-state index < -0.39 is 0 Å². The summed E-state index contributed by atoms with van der Waals surface area (Å²) in [4.78, 5) is 15.5. The monoisotopic (exact) mass is 340 g/mol. The van der Waals surface area contributed by atoms with Gasteiger partial charge in [-0.1, -0.05) is 0 Å². The minimum Gasteiger partial charge on any atom is -0.366 e. The van der Waals surface area contributed by atoms with Gasteiger partial charge >= 0.3 is 0 Å². The van der Waals surface area contributed by atoms with Crippen LogP contribution in [0.2, 0.25) is 0 Å². The molecule has 128 valence electrons. The Morgan fingerprint density at radius 2 is 1.88 bits per heavy atom. The second-order valence-corrected chi connectivity index (χ2v) is 5.61. The Morgan fingerprint density at radius 3 is 2.44 bits per heavy atom. The van der Waals surface area contributed by atoms with Crippen molar-refractivity contribution in [2.75, 3.05) is 43.0 Å². The van der Waals surface area contributed by atoms with Crippen molar-refractivity contribution >= 4 is 17.4 Å². The third-order valence-corrected chi connectivity index (χ3v) is 4.13. The van der Waals surface area contributed by atoms with E-state index in [2.05, 4.69) is 15.5 Å². The molecule has 1 aliphatic heterocycles. The number of carbonyl (C=O) groups excluding carboxylic acids is 1. The summed E-state index contributed by atoms with van der Waals surface area (Å²) in [7, 11) is 1.54. The van der Waals surface area contributed by atoms with Crippen LogP contribution in [0.4, 0.5) is 15.9 Å². The number of piperazine rings is 1. The Bertz CT molecular complexity index is 809. The van der Waals surface area contributed by atoms with Gasteiger partial charge in [-0.25, -0.2) is 4.39 Å². The highest BCUT2D eigenvalue weighted by molar-refractivity contribution is 5.91. The van der Waals surface area contributed by atoms with Crippen LogP contribution in [-0.4, -0.2) is 49.3 Å². The predicted octanol–water partition coefficient (Wildman–Crippen LogP) is 1.17. The van der Waals surface area contributed by atoms with Crippen molar-refractivity contribution in [3.63, 3.8) is 0 Å². The number of amides is 1. The van der Waals surface area contributed by atoms with E-state index in [1.165, 1.54) is 6.07 Å². The van der Waals surface area contributed by atoms with Crippen LogP contribution in [0.1, 0.15) is 16.1 Å². The highest BCUT2D eigenvalue weighted by Gasteiger charge is 2.21. The molecule has 8 heteroatoms. The van der Waals surface area contributed by atoms with Gasteiger partial charge in [-0.2, -0.15) is 5.26 Å². The maximum absolute atomic E-state index is 14.1. The van der Waals surface area contributed by atoms with Gasteiger partial charge in [-0.15, -0.1) is 10.2 Å². The molecule has 1 saturated heterocycles. The molecule has 1 amide bonds. The number of benzene rings is 1. The summed E-state index contributed by atoms with van der Waals surface area (Å²) in [5, 5.41) is 19.3. The van der Waals surface area contributed by atoms with Crippen LogP contribution in [0.25, 0.3) is 0 Å². The summed E-state index contributed by atoms with van der Waals surface area (Å²) in [6.45, 7) is 2.57. The molecule has 7 nitrogen and oxygen atoms in total. The molecule has 2 heterocycles. The third kappa shape index (κ3) is 3.50. The molecule has 1 aromatic heterocycles. The molecule has 1 N–H and O–H groups in total. The van der Waals surface area contributed by atoms with E-state index >= 15 is 0 Å². The van der Waals surface area contributed by atoms with Gasteiger partial charge in [0, 0.05) is 33.2 Å². The number of anilines is 2. The van der Waals surface area contributed by atoms with Crippen molar-refractivity contribution in [2.24, 2.45) is 0 Å². The van der Waals surface area contributed by atoms with Gasteiger partial charge in [0.05, 0.1) is 17.3 Å². The summed E-state index contributed by atoms with van der Waals surface area (Å²) in [5.74, 6) is 0.0231. The molecule has 0 bridgehead atoms. The Hall–Kier alpha value is -3.21. The quantitative estimate of drug-likeness (QED) is 0.903. The summed E-state index contributed by atoms with van der Waals surface area (Å²) in [6, 6.07) is 9.84. The molecule has 1 aromatic carbocycles. The average Bonchev–Trinajstić information content (AvgIpc) is 2.67. The van der Waals surface area contributed by atoms with Gasteiger partial charge in [-0.05, 0) is 30.3 Å². The first-order chi connectivity index (χ1) is 12.1. The van der Waals surface area contributed by atoms with Gasteiger partial charge < -0.3 is 15.1 Å². The number of carbonyl (C=O) groups is 1. The molecule has 2 aromatic rings. The lowest BCUT2D eigenvalue weighted by atomic mass is 10.2. The lowest BCUT2D eigenvalue weighted by Gasteiger charge is -2.36. The Morgan fingerprint density at radius 1 is 1.16 bits per heavy atom. The zero-order valence-electron chi connectivity index (χ0n) is 13.7. The molecule has 1 fully saturated rings. The number of halogens is 1. The van der Waals surface area contributed by atoms with Gasteiger partial charge in [0.25, 0.3) is 5.91 Å². The second-order valence-electron chi connectivity index (χ2n) is 5.61. The number of nitriles is 1. The molecular formula is C17H17FN6O. The van der Waals surface area contributed by atoms with Crippen LogP contribution in [0.3, 0.4) is 0 Å². The highest BCUT2D eigenvalue weighted by atomic mass is 19.1. The second kappa shape index (κ2) is 7.13. The van der Waals surface area contributed by atoms with Gasteiger partial charge in [0.1, 0.15) is 5.82 Å². The number of nitrogens with zero attached hydrogens (tertiary/aromatic N) is 5. The Balaban J connectivity index is 1.66. The van der Waals surface area contributed by atoms with E-state index in [-0.39, 0.29) is 17.4 Å². The molecule has 0 radical (unpaired) electrons. The van der Waals surface area contributed by atoms with E-state index in [1.807, 2.05) is 15.9 Å². The molecule has 0 saturated carbocycles. The standard InChI is InChI=1S/C17H17FN6O/c1-20-17(25)14-3-5-16(22-21-14)24-8-6-23(7-9-24)15-4-2-12(11-19)10-13(15)18/h2-5,10H,6-9H2,1H3,(H,20,25). The number of hydrogen-bond donors (Lipinski definition) is 1. The average molecular weight is 340 g/mol. The summed E-state index contributed by atoms with van der Waals surface area (Å²) < 4.78 is 14.1. The van der Waals surface area contributed by atoms with Crippen molar-refractivity contribution in [1.29, 1.82) is 5.26 Å². The topological polar surface area (TPSA) is 85.2 Å². The first-order valence-corrected chi connectivity index (χ1v) is 7.87. The zero-order chi connectivity index (χ0) is 17.8. The van der Waals surface area contributed by atoms with Crippen molar-refractivity contribution in [3.05, 3.63) is 47.4 Å². The minimum atomic E-state index is -0.387. The summed E-state index contributed by atoms with van der Waals surface area (Å²) >= 11 is 0. The van der Waals surface area contributed by atoms with Crippen LogP contribution in [0.5, 0.6) is 0 Å². The molecular weight excluding hydrogens is 323 g/mol. The van der Waals surface area contributed by atoms with Gasteiger partial charge in [0.15, 0.2) is 11.5 Å². The van der Waals surface area contributed by atoms with E-state index in [9.17, 15) is 9.18 Å². The highest BCUT2D eigenvalue weighted by Crippen LogP contribution is 2.23. The summed E-state index contributed by atoms with van der Waals surface area (Å²) in [6.07, 6.45) is 0. The SMILES string of the molecule is CNC(=O)c1ccc(N2CCN(c3ccc(C#N)cc3F)CC2)nn1. The maximum atomic E-state index is 14.1. The fourth-order valence-corrected chi connectivity index (χ4v) is 2.75. The normalized spacial score (nSPS) is 14.1. The van der Waals surface area contributed by atoms with E-state index in [0.717, 1.165) is 0 Å². The molecule has 0 unspecified atom stereocenters. The number of rotatable bonds is 3. The number of aromatic nitrogens is 2. The van der Waals surface area contributed by atoms with Crippen molar-refractivity contribution in [2.45, 2.75) is 0 Å². The van der Waals surface area contributed by atoms with Crippen LogP contribution in [0, 0.1) is 17.1 Å². The van der Waals surface area contributed by atoms with Gasteiger partial charge in [-0.3, -0.25) is 4.79 Å². The number of nitrogens with one attached hydrogen (secondary N) is 1. The van der Waals surface area contributed by atoms with E-state index in [1.54, 1.807) is 31.3 Å².